The first-order valence-electron chi connectivity index (χ1n) is 7.01. The van der Waals surface area contributed by atoms with E-state index in [4.69, 9.17) is 5.73 Å². The van der Waals surface area contributed by atoms with E-state index in [0.29, 0.717) is 6.07 Å². The van der Waals surface area contributed by atoms with Crippen LogP contribution in [0, 0.1) is 0 Å². The maximum absolute atomic E-state index is 13.0. The summed E-state index contributed by atoms with van der Waals surface area (Å²) in [5.41, 5.74) is 3.39. The molecule has 0 heterocycles. The Morgan fingerprint density at radius 1 is 1.24 bits per heavy atom. The van der Waals surface area contributed by atoms with Crippen LogP contribution in [0.5, 0.6) is 0 Å². The first-order chi connectivity index (χ1) is 10.8. The molecule has 0 aliphatic carbocycles. The number of halogens is 4. The number of sulfonamides is 1. The lowest BCUT2D eigenvalue weighted by atomic mass is 10.1. The van der Waals surface area contributed by atoms with Gasteiger partial charge in [0.15, 0.2) is 0 Å². The van der Waals surface area contributed by atoms with Gasteiger partial charge in [-0.15, -0.1) is 12.4 Å². The van der Waals surface area contributed by atoms with Crippen molar-refractivity contribution in [2.75, 3.05) is 6.54 Å². The number of hydrogen-bond acceptors (Lipinski definition) is 4. The van der Waals surface area contributed by atoms with E-state index in [1.165, 1.54) is 13.0 Å². The first kappa shape index (κ1) is 23.6. The number of benzene rings is 1. The van der Waals surface area contributed by atoms with Crippen LogP contribution in [0.2, 0.25) is 0 Å². The second kappa shape index (κ2) is 8.35. The number of amides is 1. The van der Waals surface area contributed by atoms with Crippen LogP contribution in [0.15, 0.2) is 29.2 Å². The summed E-state index contributed by atoms with van der Waals surface area (Å²) in [4.78, 5) is 11.1. The minimum absolute atomic E-state index is 0. The van der Waals surface area contributed by atoms with E-state index >= 15 is 0 Å². The highest BCUT2D eigenvalue weighted by atomic mass is 35.5. The number of nitrogens with two attached hydrogens (primary N) is 1. The molecule has 0 fully saturated rings. The Bertz CT molecular complexity index is 709. The molecule has 11 heteroatoms. The molecule has 1 atom stereocenters. The highest BCUT2D eigenvalue weighted by Crippen LogP contribution is 2.33. The molecule has 1 unspecified atom stereocenters. The normalized spacial score (nSPS) is 13.7. The highest BCUT2D eigenvalue weighted by molar-refractivity contribution is 7.89. The Morgan fingerprint density at radius 2 is 1.76 bits per heavy atom. The molecule has 0 aliphatic heterocycles. The summed E-state index contributed by atoms with van der Waals surface area (Å²) in [5, 5.41) is 2.51. The topological polar surface area (TPSA) is 101 Å². The molecule has 4 N–H and O–H groups in total. The second-order valence-corrected chi connectivity index (χ2v) is 7.60. The summed E-state index contributed by atoms with van der Waals surface area (Å²) in [5.74, 6) is -0.696. The minimum atomic E-state index is -4.83. The van der Waals surface area contributed by atoms with E-state index in [2.05, 4.69) is 5.32 Å². The molecule has 0 aromatic heterocycles. The van der Waals surface area contributed by atoms with Gasteiger partial charge in [0.05, 0.1) is 16.5 Å². The second-order valence-electron chi connectivity index (χ2n) is 5.91. The van der Waals surface area contributed by atoms with Crippen molar-refractivity contribution in [1.82, 2.24) is 10.0 Å². The molecule has 0 saturated carbocycles. The van der Waals surface area contributed by atoms with Crippen molar-refractivity contribution in [3.05, 3.63) is 29.8 Å². The van der Waals surface area contributed by atoms with Crippen LogP contribution >= 0.6 is 12.4 Å². The molecule has 0 spiro atoms. The van der Waals surface area contributed by atoms with Gasteiger partial charge in [0.25, 0.3) is 0 Å². The van der Waals surface area contributed by atoms with Crippen LogP contribution in [0.25, 0.3) is 0 Å². The smallest absolute Gasteiger partial charge is 0.349 e. The fraction of sp³-hybridized carbons (Fsp3) is 0.500. The zero-order valence-corrected chi connectivity index (χ0v) is 15.5. The molecule has 144 valence electrons. The van der Waals surface area contributed by atoms with Gasteiger partial charge in [0.1, 0.15) is 0 Å². The van der Waals surface area contributed by atoms with Crippen LogP contribution in [0.1, 0.15) is 26.3 Å². The van der Waals surface area contributed by atoms with Gasteiger partial charge in [-0.3, -0.25) is 4.79 Å². The number of nitrogens with one attached hydrogen (secondary N) is 2. The van der Waals surface area contributed by atoms with Crippen LogP contribution in [-0.2, 0) is 21.0 Å². The van der Waals surface area contributed by atoms with Crippen LogP contribution < -0.4 is 15.8 Å². The average Bonchev–Trinajstić information content (AvgIpc) is 2.45. The molecule has 25 heavy (non-hydrogen) atoms. The molecule has 6 nitrogen and oxygen atoms in total. The van der Waals surface area contributed by atoms with E-state index in [1.807, 2.05) is 4.72 Å². The standard InChI is InChI=1S/C14H20F3N3O3S.ClH/c1-9(12(21)19-13(2,3)8-18)20-24(22,23)11-7-5-4-6-10(11)14(15,16)17;/h4-7,9,20H,8,18H2,1-3H3,(H,19,21);1H. The zero-order chi connectivity index (χ0) is 18.8. The predicted molar refractivity (Wildman–Crippen MR) is 89.8 cm³/mol. The predicted octanol–water partition coefficient (Wildman–Crippen LogP) is 1.65. The van der Waals surface area contributed by atoms with Gasteiger partial charge in [0, 0.05) is 12.1 Å². The summed E-state index contributed by atoms with van der Waals surface area (Å²) in [6.45, 7) is 4.60. The van der Waals surface area contributed by atoms with Crippen molar-refractivity contribution in [3.8, 4) is 0 Å². The van der Waals surface area contributed by atoms with Crippen LogP contribution in [-0.4, -0.2) is 32.5 Å². The van der Waals surface area contributed by atoms with Gasteiger partial charge >= 0.3 is 6.18 Å². The molecule has 0 radical (unpaired) electrons. The Labute approximate surface area is 150 Å². The van der Waals surface area contributed by atoms with Crippen molar-refractivity contribution in [1.29, 1.82) is 0 Å². The van der Waals surface area contributed by atoms with E-state index in [1.54, 1.807) is 13.8 Å². The number of alkyl halides is 3. The van der Waals surface area contributed by atoms with E-state index in [-0.39, 0.29) is 19.0 Å². The molecule has 1 amide bonds. The minimum Gasteiger partial charge on any atom is -0.349 e. The number of rotatable bonds is 6. The van der Waals surface area contributed by atoms with Crippen LogP contribution in [0.4, 0.5) is 13.2 Å². The van der Waals surface area contributed by atoms with Gasteiger partial charge in [-0.25, -0.2) is 8.42 Å². The van der Waals surface area contributed by atoms with Gasteiger partial charge in [-0.1, -0.05) is 12.1 Å². The number of carbonyl (C=O) groups excluding carboxylic acids is 1. The number of hydrogen-bond donors (Lipinski definition) is 3. The highest BCUT2D eigenvalue weighted by Gasteiger charge is 2.37. The lowest BCUT2D eigenvalue weighted by molar-refractivity contribution is -0.139. The van der Waals surface area contributed by atoms with Crippen molar-refractivity contribution >= 4 is 28.3 Å². The van der Waals surface area contributed by atoms with E-state index in [9.17, 15) is 26.4 Å². The summed E-state index contributed by atoms with van der Waals surface area (Å²) in [6, 6.07) is 2.48. The fourth-order valence-corrected chi connectivity index (χ4v) is 3.21. The van der Waals surface area contributed by atoms with E-state index < -0.39 is 44.1 Å². The lowest BCUT2D eigenvalue weighted by Crippen LogP contribution is -2.55. The first-order valence-corrected chi connectivity index (χ1v) is 8.49. The van der Waals surface area contributed by atoms with Gasteiger partial charge in [-0.2, -0.15) is 17.9 Å². The average molecular weight is 404 g/mol. The van der Waals surface area contributed by atoms with Gasteiger partial charge < -0.3 is 11.1 Å². The zero-order valence-electron chi connectivity index (χ0n) is 13.8. The fourth-order valence-electron chi connectivity index (χ4n) is 1.78. The van der Waals surface area contributed by atoms with Crippen molar-refractivity contribution in [2.24, 2.45) is 5.73 Å². The third-order valence-corrected chi connectivity index (χ3v) is 4.78. The third-order valence-electron chi connectivity index (χ3n) is 3.18. The van der Waals surface area contributed by atoms with Gasteiger partial charge in [-0.05, 0) is 32.9 Å². The summed E-state index contributed by atoms with van der Waals surface area (Å²) < 4.78 is 65.3. The quantitative estimate of drug-likeness (QED) is 0.672. The van der Waals surface area contributed by atoms with Crippen molar-refractivity contribution < 1.29 is 26.4 Å². The van der Waals surface area contributed by atoms with Gasteiger partial charge in [0.2, 0.25) is 15.9 Å². The largest absolute Gasteiger partial charge is 0.417 e. The summed E-state index contributed by atoms with van der Waals surface area (Å²) in [7, 11) is -4.54. The van der Waals surface area contributed by atoms with Crippen molar-refractivity contribution in [2.45, 2.75) is 43.4 Å². The Kier molecular flexibility index (Phi) is 7.89. The number of carbonyl (C=O) groups is 1. The Hall–Kier alpha value is -1.36. The molecule has 1 aromatic rings. The SMILES string of the molecule is CC(NS(=O)(=O)c1ccccc1C(F)(F)F)C(=O)NC(C)(C)CN.Cl. The molecule has 0 bridgehead atoms. The molecular formula is C14H21ClF3N3O3S. The Balaban J connectivity index is 0.00000576. The molecular weight excluding hydrogens is 383 g/mol. The summed E-state index contributed by atoms with van der Waals surface area (Å²) in [6.07, 6.45) is -4.83. The molecule has 0 aliphatic rings. The van der Waals surface area contributed by atoms with Crippen LogP contribution in [0.3, 0.4) is 0 Å². The maximum atomic E-state index is 13.0. The maximum Gasteiger partial charge on any atom is 0.417 e. The Morgan fingerprint density at radius 3 is 2.24 bits per heavy atom. The summed E-state index contributed by atoms with van der Waals surface area (Å²) >= 11 is 0. The third kappa shape index (κ3) is 6.46. The van der Waals surface area contributed by atoms with Crippen molar-refractivity contribution in [3.63, 3.8) is 0 Å². The monoisotopic (exact) mass is 403 g/mol. The molecule has 1 aromatic carbocycles. The molecule has 0 saturated heterocycles. The van der Waals surface area contributed by atoms with E-state index in [0.717, 1.165) is 12.1 Å². The lowest BCUT2D eigenvalue weighted by Gasteiger charge is -2.26. The molecule has 1 rings (SSSR count).